The van der Waals surface area contributed by atoms with Crippen molar-refractivity contribution in [2.45, 2.75) is 24.8 Å². The lowest BCUT2D eigenvalue weighted by Gasteiger charge is -2.10. The van der Waals surface area contributed by atoms with Crippen molar-refractivity contribution in [2.24, 2.45) is 5.73 Å². The predicted molar refractivity (Wildman–Crippen MR) is 63.9 cm³/mol. The van der Waals surface area contributed by atoms with Gasteiger partial charge in [0, 0.05) is 5.92 Å². The van der Waals surface area contributed by atoms with Crippen molar-refractivity contribution in [1.82, 2.24) is 0 Å². The van der Waals surface area contributed by atoms with Crippen LogP contribution < -0.4 is 10.5 Å². The first-order valence-electron chi connectivity index (χ1n) is 5.72. The van der Waals surface area contributed by atoms with Gasteiger partial charge in [0.2, 0.25) is 0 Å². The number of hydrogen-bond donors (Lipinski definition) is 1. The number of hydrogen-bond acceptors (Lipinski definition) is 4. The molecule has 17 heavy (non-hydrogen) atoms. The van der Waals surface area contributed by atoms with Crippen LogP contribution in [0.5, 0.6) is 5.75 Å². The first-order valence-corrected chi connectivity index (χ1v) is 5.72. The maximum Gasteiger partial charge on any atom is 0.326 e. The SMILES string of the molecule is CCOC(=O)C1(N)CC1c1ccc(OC)cc1. The number of carbonyl (C=O) groups is 1. The fourth-order valence-corrected chi connectivity index (χ4v) is 2.02. The summed E-state index contributed by atoms with van der Waals surface area (Å²) in [5, 5.41) is 0. The molecule has 0 amide bonds. The van der Waals surface area contributed by atoms with Crippen molar-refractivity contribution >= 4 is 5.97 Å². The van der Waals surface area contributed by atoms with E-state index in [2.05, 4.69) is 0 Å². The van der Waals surface area contributed by atoms with Gasteiger partial charge in [0.1, 0.15) is 11.3 Å². The third kappa shape index (κ3) is 2.13. The van der Waals surface area contributed by atoms with Gasteiger partial charge in [-0.3, -0.25) is 4.79 Å². The van der Waals surface area contributed by atoms with Crippen LogP contribution in [0.2, 0.25) is 0 Å². The molecule has 0 aliphatic heterocycles. The summed E-state index contributed by atoms with van der Waals surface area (Å²) in [5.74, 6) is 0.557. The summed E-state index contributed by atoms with van der Waals surface area (Å²) in [7, 11) is 1.62. The molecular weight excluding hydrogens is 218 g/mol. The number of ether oxygens (including phenoxy) is 2. The molecule has 1 aromatic carbocycles. The largest absolute Gasteiger partial charge is 0.497 e. The first-order chi connectivity index (χ1) is 8.11. The molecule has 0 radical (unpaired) electrons. The van der Waals surface area contributed by atoms with Crippen molar-refractivity contribution in [3.8, 4) is 5.75 Å². The molecule has 2 unspecified atom stereocenters. The van der Waals surface area contributed by atoms with Crippen molar-refractivity contribution < 1.29 is 14.3 Å². The first kappa shape index (κ1) is 11.9. The predicted octanol–water partition coefficient (Wildman–Crippen LogP) is 1.44. The van der Waals surface area contributed by atoms with Crippen LogP contribution >= 0.6 is 0 Å². The average Bonchev–Trinajstić information content (AvgIpc) is 3.04. The summed E-state index contributed by atoms with van der Waals surface area (Å²) in [6.07, 6.45) is 0.651. The van der Waals surface area contributed by atoms with Crippen molar-refractivity contribution in [2.75, 3.05) is 13.7 Å². The molecule has 4 heteroatoms. The summed E-state index contributed by atoms with van der Waals surface area (Å²) in [5.41, 5.74) is 6.25. The zero-order valence-corrected chi connectivity index (χ0v) is 10.1. The van der Waals surface area contributed by atoms with E-state index in [0.717, 1.165) is 11.3 Å². The Balaban J connectivity index is 2.08. The molecule has 0 aromatic heterocycles. The van der Waals surface area contributed by atoms with E-state index in [9.17, 15) is 4.79 Å². The normalized spacial score (nSPS) is 26.4. The molecule has 2 N–H and O–H groups in total. The molecule has 0 bridgehead atoms. The lowest BCUT2D eigenvalue weighted by Crippen LogP contribution is -2.36. The van der Waals surface area contributed by atoms with E-state index >= 15 is 0 Å². The zero-order valence-electron chi connectivity index (χ0n) is 10.1. The molecule has 92 valence electrons. The maximum absolute atomic E-state index is 11.7. The fourth-order valence-electron chi connectivity index (χ4n) is 2.02. The van der Waals surface area contributed by atoms with E-state index in [1.54, 1.807) is 14.0 Å². The molecule has 2 rings (SSSR count). The van der Waals surface area contributed by atoms with Gasteiger partial charge in [0.25, 0.3) is 0 Å². The Labute approximate surface area is 101 Å². The molecule has 1 aromatic rings. The molecular formula is C13H17NO3. The molecule has 1 fully saturated rings. The minimum Gasteiger partial charge on any atom is -0.497 e. The highest BCUT2D eigenvalue weighted by atomic mass is 16.5. The minimum absolute atomic E-state index is 0.0625. The average molecular weight is 235 g/mol. The summed E-state index contributed by atoms with van der Waals surface area (Å²) < 4.78 is 10.1. The van der Waals surface area contributed by atoms with E-state index in [1.807, 2.05) is 24.3 Å². The quantitative estimate of drug-likeness (QED) is 0.802. The number of benzene rings is 1. The Morgan fingerprint density at radius 2 is 2.12 bits per heavy atom. The Hall–Kier alpha value is -1.55. The summed E-state index contributed by atoms with van der Waals surface area (Å²) in [6, 6.07) is 7.63. The lowest BCUT2D eigenvalue weighted by molar-refractivity contribution is -0.145. The van der Waals surface area contributed by atoms with E-state index in [0.29, 0.717) is 13.0 Å². The Morgan fingerprint density at radius 3 is 2.65 bits per heavy atom. The van der Waals surface area contributed by atoms with Crippen molar-refractivity contribution in [3.63, 3.8) is 0 Å². The third-order valence-corrected chi connectivity index (χ3v) is 3.18. The fraction of sp³-hybridized carbons (Fsp3) is 0.462. The summed E-state index contributed by atoms with van der Waals surface area (Å²) >= 11 is 0. The molecule has 2 atom stereocenters. The van der Waals surface area contributed by atoms with Gasteiger partial charge in [0.05, 0.1) is 13.7 Å². The molecule has 0 spiro atoms. The smallest absolute Gasteiger partial charge is 0.326 e. The molecule has 1 saturated carbocycles. The second kappa shape index (κ2) is 4.37. The highest BCUT2D eigenvalue weighted by molar-refractivity contribution is 5.86. The highest BCUT2D eigenvalue weighted by Gasteiger charge is 2.59. The highest BCUT2D eigenvalue weighted by Crippen LogP contribution is 2.50. The Kier molecular flexibility index (Phi) is 3.07. The summed E-state index contributed by atoms with van der Waals surface area (Å²) in [6.45, 7) is 2.15. The lowest BCUT2D eigenvalue weighted by atomic mass is 10.1. The van der Waals surface area contributed by atoms with Gasteiger partial charge in [-0.15, -0.1) is 0 Å². The van der Waals surface area contributed by atoms with Crippen LogP contribution in [-0.4, -0.2) is 25.2 Å². The monoisotopic (exact) mass is 235 g/mol. The van der Waals surface area contributed by atoms with Crippen LogP contribution in [0.3, 0.4) is 0 Å². The molecule has 4 nitrogen and oxygen atoms in total. The van der Waals surface area contributed by atoms with Gasteiger partial charge in [-0.1, -0.05) is 12.1 Å². The van der Waals surface area contributed by atoms with Gasteiger partial charge in [-0.05, 0) is 31.0 Å². The van der Waals surface area contributed by atoms with Crippen molar-refractivity contribution in [3.05, 3.63) is 29.8 Å². The van der Waals surface area contributed by atoms with Crippen LogP contribution in [0.4, 0.5) is 0 Å². The van der Waals surface area contributed by atoms with E-state index in [1.165, 1.54) is 0 Å². The van der Waals surface area contributed by atoms with Crippen LogP contribution in [0.25, 0.3) is 0 Å². The van der Waals surface area contributed by atoms with Crippen LogP contribution in [0.1, 0.15) is 24.8 Å². The maximum atomic E-state index is 11.7. The number of esters is 1. The second-order valence-electron chi connectivity index (χ2n) is 4.29. The molecule has 1 aliphatic rings. The summed E-state index contributed by atoms with van der Waals surface area (Å²) in [4.78, 5) is 11.7. The van der Waals surface area contributed by atoms with Crippen LogP contribution in [0.15, 0.2) is 24.3 Å². The minimum atomic E-state index is -0.829. The number of rotatable bonds is 4. The topological polar surface area (TPSA) is 61.5 Å². The standard InChI is InChI=1S/C13H17NO3/c1-3-17-12(15)13(14)8-11(13)9-4-6-10(16-2)7-5-9/h4-7,11H,3,8,14H2,1-2H3. The van der Waals surface area contributed by atoms with E-state index < -0.39 is 5.54 Å². The van der Waals surface area contributed by atoms with Gasteiger partial charge < -0.3 is 15.2 Å². The molecule has 0 saturated heterocycles. The van der Waals surface area contributed by atoms with E-state index in [-0.39, 0.29) is 11.9 Å². The zero-order chi connectivity index (χ0) is 12.5. The van der Waals surface area contributed by atoms with Gasteiger partial charge in [-0.25, -0.2) is 0 Å². The van der Waals surface area contributed by atoms with Crippen molar-refractivity contribution in [1.29, 1.82) is 0 Å². The van der Waals surface area contributed by atoms with Gasteiger partial charge in [-0.2, -0.15) is 0 Å². The molecule has 1 aliphatic carbocycles. The van der Waals surface area contributed by atoms with Crippen LogP contribution in [-0.2, 0) is 9.53 Å². The Morgan fingerprint density at radius 1 is 1.47 bits per heavy atom. The molecule has 0 heterocycles. The number of carbonyl (C=O) groups excluding carboxylic acids is 1. The van der Waals surface area contributed by atoms with Crippen LogP contribution in [0, 0.1) is 0 Å². The van der Waals surface area contributed by atoms with E-state index in [4.69, 9.17) is 15.2 Å². The number of methoxy groups -OCH3 is 1. The second-order valence-corrected chi connectivity index (χ2v) is 4.29. The number of nitrogens with two attached hydrogens (primary N) is 1. The van der Waals surface area contributed by atoms with Gasteiger partial charge in [0.15, 0.2) is 0 Å². The van der Waals surface area contributed by atoms with Gasteiger partial charge >= 0.3 is 5.97 Å². The third-order valence-electron chi connectivity index (χ3n) is 3.18. The Bertz CT molecular complexity index is 415.